The first-order chi connectivity index (χ1) is 13.1. The van der Waals surface area contributed by atoms with E-state index in [0.717, 1.165) is 43.7 Å². The van der Waals surface area contributed by atoms with E-state index in [-0.39, 0.29) is 23.9 Å². The summed E-state index contributed by atoms with van der Waals surface area (Å²) < 4.78 is 14.7. The van der Waals surface area contributed by atoms with Crippen molar-refractivity contribution >= 4 is 29.9 Å². The number of rotatable bonds is 3. The fourth-order valence-electron chi connectivity index (χ4n) is 3.95. The Labute approximate surface area is 176 Å². The molecular weight excluding hydrogens is 400 g/mol. The minimum atomic E-state index is -0.474. The highest BCUT2D eigenvalue weighted by molar-refractivity contribution is 6.30. The van der Waals surface area contributed by atoms with Crippen LogP contribution in [0.4, 0.5) is 4.39 Å². The van der Waals surface area contributed by atoms with Gasteiger partial charge in [0.05, 0.1) is 5.56 Å². The van der Waals surface area contributed by atoms with Gasteiger partial charge in [0.25, 0.3) is 5.91 Å². The molecule has 2 saturated heterocycles. The number of carbonyl (C=O) groups excluding carboxylic acids is 1. The predicted molar refractivity (Wildman–Crippen MR) is 113 cm³/mol. The first-order valence-electron chi connectivity index (χ1n) is 9.41. The number of likely N-dealkylation sites (tertiary alicyclic amines) is 1. The highest BCUT2D eigenvalue weighted by atomic mass is 35.5. The Hall–Kier alpha value is -1.66. The summed E-state index contributed by atoms with van der Waals surface area (Å²) in [5.41, 5.74) is 1.76. The molecule has 0 aromatic heterocycles. The summed E-state index contributed by atoms with van der Waals surface area (Å²) in [5, 5.41) is 3.99. The fraction of sp³-hybridized carbons (Fsp3) is 0.381. The Morgan fingerprint density at radius 1 is 1.04 bits per heavy atom. The lowest BCUT2D eigenvalue weighted by Gasteiger charge is -2.32. The number of amides is 1. The van der Waals surface area contributed by atoms with Crippen LogP contribution in [-0.2, 0) is 0 Å². The zero-order chi connectivity index (χ0) is 18.8. The molecule has 0 spiro atoms. The summed E-state index contributed by atoms with van der Waals surface area (Å²) in [6.07, 6.45) is 0.955. The van der Waals surface area contributed by atoms with Gasteiger partial charge in [-0.15, -0.1) is 12.4 Å². The summed E-state index contributed by atoms with van der Waals surface area (Å²) in [6.45, 7) is 5.37. The maximum absolute atomic E-state index is 14.7. The van der Waals surface area contributed by atoms with Crippen LogP contribution in [0.15, 0.2) is 42.5 Å². The molecule has 150 valence electrons. The molecule has 1 atom stereocenters. The second-order valence-corrected chi connectivity index (χ2v) is 7.62. The molecule has 1 unspecified atom stereocenters. The van der Waals surface area contributed by atoms with E-state index in [2.05, 4.69) is 10.2 Å². The number of hydrogen-bond donors (Lipinski definition) is 1. The van der Waals surface area contributed by atoms with E-state index >= 15 is 0 Å². The molecule has 2 heterocycles. The van der Waals surface area contributed by atoms with Gasteiger partial charge in [0.1, 0.15) is 5.82 Å². The molecule has 0 radical (unpaired) electrons. The Bertz CT molecular complexity index is 825. The molecule has 2 aromatic rings. The van der Waals surface area contributed by atoms with Crippen LogP contribution in [0.5, 0.6) is 0 Å². The van der Waals surface area contributed by atoms with E-state index in [1.165, 1.54) is 6.07 Å². The van der Waals surface area contributed by atoms with Crippen LogP contribution in [0.3, 0.4) is 0 Å². The normalized spacial score (nSPS) is 20.1. The molecule has 2 aliphatic heterocycles. The second-order valence-electron chi connectivity index (χ2n) is 7.18. The van der Waals surface area contributed by atoms with Crippen molar-refractivity contribution < 1.29 is 9.18 Å². The van der Waals surface area contributed by atoms with Crippen LogP contribution in [0, 0.1) is 5.82 Å². The average Bonchev–Trinajstić information content (AvgIpc) is 3.19. The zero-order valence-electron chi connectivity index (χ0n) is 15.5. The Morgan fingerprint density at radius 3 is 2.39 bits per heavy atom. The smallest absolute Gasteiger partial charge is 0.256 e. The van der Waals surface area contributed by atoms with Gasteiger partial charge in [-0.25, -0.2) is 4.39 Å². The van der Waals surface area contributed by atoms with Crippen LogP contribution in [0.1, 0.15) is 16.8 Å². The fourth-order valence-corrected chi connectivity index (χ4v) is 4.08. The number of hydrogen-bond acceptors (Lipinski definition) is 3. The number of halogens is 3. The molecule has 4 nitrogen and oxygen atoms in total. The molecule has 1 amide bonds. The van der Waals surface area contributed by atoms with Crippen LogP contribution in [-0.4, -0.2) is 61.0 Å². The molecule has 0 bridgehead atoms. The lowest BCUT2D eigenvalue weighted by atomic mass is 10.0. The van der Waals surface area contributed by atoms with Gasteiger partial charge in [-0.05, 0) is 41.8 Å². The minimum absolute atomic E-state index is 0. The molecule has 28 heavy (non-hydrogen) atoms. The number of carbonyl (C=O) groups is 1. The first-order valence-corrected chi connectivity index (χ1v) is 9.79. The van der Waals surface area contributed by atoms with Crippen molar-refractivity contribution in [3.05, 3.63) is 58.9 Å². The summed E-state index contributed by atoms with van der Waals surface area (Å²) in [5.74, 6) is -0.689. The molecule has 2 aliphatic rings. The number of nitrogens with zero attached hydrogens (tertiary/aromatic N) is 2. The molecular formula is C21H24Cl2FN3O. The topological polar surface area (TPSA) is 35.6 Å². The maximum atomic E-state index is 14.7. The highest BCUT2D eigenvalue weighted by Crippen LogP contribution is 2.25. The quantitative estimate of drug-likeness (QED) is 0.817. The van der Waals surface area contributed by atoms with E-state index in [4.69, 9.17) is 11.6 Å². The largest absolute Gasteiger partial charge is 0.337 e. The number of nitrogens with one attached hydrogen (secondary N) is 1. The summed E-state index contributed by atoms with van der Waals surface area (Å²) in [7, 11) is 0. The van der Waals surface area contributed by atoms with Gasteiger partial charge in [-0.2, -0.15) is 0 Å². The van der Waals surface area contributed by atoms with Crippen LogP contribution >= 0.6 is 24.0 Å². The van der Waals surface area contributed by atoms with Crippen molar-refractivity contribution in [1.29, 1.82) is 0 Å². The molecule has 0 aliphatic carbocycles. The van der Waals surface area contributed by atoms with E-state index in [9.17, 15) is 9.18 Å². The van der Waals surface area contributed by atoms with E-state index in [1.807, 2.05) is 12.1 Å². The third kappa shape index (κ3) is 4.49. The van der Waals surface area contributed by atoms with E-state index in [0.29, 0.717) is 24.2 Å². The molecule has 2 fully saturated rings. The summed E-state index contributed by atoms with van der Waals surface area (Å²) in [6, 6.07) is 12.4. The maximum Gasteiger partial charge on any atom is 0.256 e. The van der Waals surface area contributed by atoms with E-state index in [1.54, 1.807) is 29.2 Å². The molecule has 4 rings (SSSR count). The van der Waals surface area contributed by atoms with Gasteiger partial charge in [-0.3, -0.25) is 9.69 Å². The van der Waals surface area contributed by atoms with Gasteiger partial charge in [0, 0.05) is 50.3 Å². The monoisotopic (exact) mass is 423 g/mol. The van der Waals surface area contributed by atoms with Gasteiger partial charge < -0.3 is 10.2 Å². The predicted octanol–water partition coefficient (Wildman–Crippen LogP) is 3.69. The Morgan fingerprint density at radius 2 is 1.71 bits per heavy atom. The highest BCUT2D eigenvalue weighted by Gasteiger charge is 2.32. The second kappa shape index (κ2) is 9.23. The average molecular weight is 424 g/mol. The Kier molecular flexibility index (Phi) is 6.94. The van der Waals surface area contributed by atoms with Crippen molar-refractivity contribution in [2.75, 3.05) is 39.3 Å². The zero-order valence-corrected chi connectivity index (χ0v) is 17.1. The standard InChI is InChI=1S/C21H23ClFN3O.ClH/c22-17-4-1-15(2-5-17)16-3-6-19(20(23)13-16)21(27)26-10-7-18(14-26)25-11-8-24-9-12-25;/h1-6,13,18,24H,7-12,14H2;1H. The van der Waals surface area contributed by atoms with Gasteiger partial charge in [0.2, 0.25) is 0 Å². The van der Waals surface area contributed by atoms with Crippen molar-refractivity contribution in [3.8, 4) is 11.1 Å². The van der Waals surface area contributed by atoms with Crippen LogP contribution in [0.25, 0.3) is 11.1 Å². The lowest BCUT2D eigenvalue weighted by Crippen LogP contribution is -2.49. The lowest BCUT2D eigenvalue weighted by molar-refractivity contribution is 0.0769. The summed E-state index contributed by atoms with van der Waals surface area (Å²) in [4.78, 5) is 17.0. The summed E-state index contributed by atoms with van der Waals surface area (Å²) >= 11 is 5.91. The van der Waals surface area contributed by atoms with Crippen molar-refractivity contribution in [1.82, 2.24) is 15.1 Å². The van der Waals surface area contributed by atoms with Crippen molar-refractivity contribution in [3.63, 3.8) is 0 Å². The van der Waals surface area contributed by atoms with E-state index < -0.39 is 5.82 Å². The Balaban J connectivity index is 0.00000225. The van der Waals surface area contributed by atoms with Crippen molar-refractivity contribution in [2.24, 2.45) is 0 Å². The molecule has 1 N–H and O–H groups in total. The van der Waals surface area contributed by atoms with Crippen LogP contribution < -0.4 is 5.32 Å². The number of benzene rings is 2. The molecule has 2 aromatic carbocycles. The molecule has 0 saturated carbocycles. The van der Waals surface area contributed by atoms with Gasteiger partial charge in [-0.1, -0.05) is 29.8 Å². The number of piperazine rings is 1. The molecule has 7 heteroatoms. The third-order valence-electron chi connectivity index (χ3n) is 5.50. The minimum Gasteiger partial charge on any atom is -0.337 e. The van der Waals surface area contributed by atoms with Crippen LogP contribution in [0.2, 0.25) is 5.02 Å². The first kappa shape index (κ1) is 21.1. The third-order valence-corrected chi connectivity index (χ3v) is 5.75. The van der Waals surface area contributed by atoms with Crippen molar-refractivity contribution in [2.45, 2.75) is 12.5 Å². The van der Waals surface area contributed by atoms with Gasteiger partial charge >= 0.3 is 0 Å². The van der Waals surface area contributed by atoms with Gasteiger partial charge in [0.15, 0.2) is 0 Å². The SMILES string of the molecule is Cl.O=C(c1ccc(-c2ccc(Cl)cc2)cc1F)N1CCC(N2CCNCC2)C1.